The van der Waals surface area contributed by atoms with E-state index in [9.17, 15) is 19.6 Å². The molecule has 2 aromatic rings. The normalized spacial score (nSPS) is 18.8. The maximum absolute atomic E-state index is 13.6. The molecule has 0 atom stereocenters. The Kier molecular flexibility index (Phi) is 5.95. The van der Waals surface area contributed by atoms with Crippen LogP contribution in [0.5, 0.6) is 0 Å². The number of carbonyl (C=O) groups excluding carboxylic acids is 3. The molecule has 7 heteroatoms. The van der Waals surface area contributed by atoms with E-state index in [1.54, 1.807) is 0 Å². The van der Waals surface area contributed by atoms with Gasteiger partial charge in [0, 0.05) is 12.8 Å². The minimum atomic E-state index is -1.18. The van der Waals surface area contributed by atoms with Gasteiger partial charge in [-0.05, 0) is 36.8 Å². The molecule has 0 radical (unpaired) electrons. The number of urea groups is 1. The van der Waals surface area contributed by atoms with E-state index in [2.05, 4.69) is 16.7 Å². The third-order valence-electron chi connectivity index (χ3n) is 6.29. The Hall–Kier alpha value is -3.66. The summed E-state index contributed by atoms with van der Waals surface area (Å²) < 4.78 is 0. The molecule has 32 heavy (non-hydrogen) atoms. The quantitative estimate of drug-likeness (QED) is 0.660. The van der Waals surface area contributed by atoms with Crippen LogP contribution in [-0.4, -0.2) is 40.4 Å². The molecule has 2 fully saturated rings. The third-order valence-corrected chi connectivity index (χ3v) is 6.29. The number of nitrogens with one attached hydrogen (secondary N) is 2. The molecule has 1 aliphatic heterocycles. The smallest absolute Gasteiger partial charge is 0.325 e. The highest BCUT2D eigenvalue weighted by Crippen LogP contribution is 2.30. The molecule has 1 saturated heterocycles. The van der Waals surface area contributed by atoms with Crippen molar-refractivity contribution in [3.05, 3.63) is 71.8 Å². The summed E-state index contributed by atoms with van der Waals surface area (Å²) in [5, 5.41) is 15.2. The maximum Gasteiger partial charge on any atom is 0.325 e. The Labute approximate surface area is 187 Å². The van der Waals surface area contributed by atoms with Crippen LogP contribution >= 0.6 is 0 Å². The average Bonchev–Trinajstić information content (AvgIpc) is 3.34. The highest BCUT2D eigenvalue weighted by molar-refractivity contribution is 6.09. The molecule has 0 spiro atoms. The van der Waals surface area contributed by atoms with Crippen molar-refractivity contribution in [2.24, 2.45) is 0 Å². The Morgan fingerprint density at radius 1 is 0.969 bits per heavy atom. The van der Waals surface area contributed by atoms with Gasteiger partial charge in [-0.25, -0.2) is 4.79 Å². The summed E-state index contributed by atoms with van der Waals surface area (Å²) in [6.07, 6.45) is 3.53. The van der Waals surface area contributed by atoms with Crippen LogP contribution in [0.3, 0.4) is 0 Å². The Balaban J connectivity index is 1.56. The monoisotopic (exact) mass is 430 g/mol. The van der Waals surface area contributed by atoms with Crippen LogP contribution in [0, 0.1) is 11.3 Å². The first-order valence-corrected chi connectivity index (χ1v) is 10.9. The van der Waals surface area contributed by atoms with Crippen LogP contribution in [0.15, 0.2) is 60.7 Å². The third kappa shape index (κ3) is 4.35. The van der Waals surface area contributed by atoms with Crippen LogP contribution in [0.25, 0.3) is 0 Å². The fourth-order valence-electron chi connectivity index (χ4n) is 4.70. The van der Waals surface area contributed by atoms with Gasteiger partial charge < -0.3 is 10.6 Å². The summed E-state index contributed by atoms with van der Waals surface area (Å²) >= 11 is 0. The summed E-state index contributed by atoms with van der Waals surface area (Å²) in [6.45, 7) is -0.403. The zero-order chi connectivity index (χ0) is 22.6. The van der Waals surface area contributed by atoms with Crippen molar-refractivity contribution in [1.29, 1.82) is 5.26 Å². The predicted octanol–water partition coefficient (Wildman–Crippen LogP) is 2.71. The first-order chi connectivity index (χ1) is 15.5. The van der Waals surface area contributed by atoms with Crippen molar-refractivity contribution in [2.75, 3.05) is 6.54 Å². The van der Waals surface area contributed by atoms with E-state index in [1.807, 2.05) is 60.7 Å². The largest absolute Gasteiger partial charge is 0.336 e. The first kappa shape index (κ1) is 21.6. The maximum atomic E-state index is 13.6. The van der Waals surface area contributed by atoms with E-state index in [0.717, 1.165) is 28.9 Å². The van der Waals surface area contributed by atoms with E-state index >= 15 is 0 Å². The Bertz CT molecular complexity index is 998. The van der Waals surface area contributed by atoms with Crippen LogP contribution in [-0.2, 0) is 22.4 Å². The SMILES string of the molecule is N#CC1(NC(=O)CN2C(=O)NC(Cc3ccccc3)(Cc3ccccc3)C2=O)CCCC1. The lowest BCUT2D eigenvalue weighted by Crippen LogP contribution is -2.52. The molecule has 0 aromatic heterocycles. The zero-order valence-electron chi connectivity index (χ0n) is 17.8. The number of rotatable bonds is 7. The number of hydrogen-bond donors (Lipinski definition) is 2. The second-order valence-electron chi connectivity index (χ2n) is 8.68. The van der Waals surface area contributed by atoms with E-state index in [-0.39, 0.29) is 0 Å². The van der Waals surface area contributed by atoms with Crippen molar-refractivity contribution < 1.29 is 14.4 Å². The second-order valence-corrected chi connectivity index (χ2v) is 8.68. The van der Waals surface area contributed by atoms with Crippen molar-refractivity contribution >= 4 is 17.8 Å². The number of nitrogens with zero attached hydrogens (tertiary/aromatic N) is 2. The molecule has 2 aromatic carbocycles. The van der Waals surface area contributed by atoms with Crippen molar-refractivity contribution in [2.45, 2.75) is 49.6 Å². The standard InChI is InChI=1S/C25H26N4O3/c26-18-24(13-7-8-14-24)27-21(30)17-29-22(31)25(28-23(29)32,15-19-9-3-1-4-10-19)16-20-11-5-2-6-12-20/h1-6,9-12H,7-8,13-17H2,(H,27,30)(H,28,32). The Morgan fingerprint density at radius 3 is 2.00 bits per heavy atom. The van der Waals surface area contributed by atoms with Crippen LogP contribution in [0.1, 0.15) is 36.8 Å². The first-order valence-electron chi connectivity index (χ1n) is 10.9. The topological polar surface area (TPSA) is 102 Å². The second kappa shape index (κ2) is 8.83. The highest BCUT2D eigenvalue weighted by atomic mass is 16.2. The van der Waals surface area contributed by atoms with Gasteiger partial charge in [-0.15, -0.1) is 0 Å². The zero-order valence-corrected chi connectivity index (χ0v) is 17.8. The van der Waals surface area contributed by atoms with Gasteiger partial charge in [0.15, 0.2) is 0 Å². The predicted molar refractivity (Wildman–Crippen MR) is 118 cm³/mol. The molecule has 7 nitrogen and oxygen atoms in total. The molecule has 164 valence electrons. The van der Waals surface area contributed by atoms with Crippen LogP contribution < -0.4 is 10.6 Å². The molecule has 1 aliphatic carbocycles. The van der Waals surface area contributed by atoms with Gasteiger partial charge in [0.25, 0.3) is 5.91 Å². The molecule has 4 rings (SSSR count). The van der Waals surface area contributed by atoms with Gasteiger partial charge in [0.1, 0.15) is 17.6 Å². The van der Waals surface area contributed by atoms with E-state index in [0.29, 0.717) is 25.7 Å². The number of benzene rings is 2. The number of carbonyl (C=O) groups is 3. The molecule has 4 amide bonds. The lowest BCUT2D eigenvalue weighted by molar-refractivity contribution is -0.135. The van der Waals surface area contributed by atoms with Gasteiger partial charge in [-0.1, -0.05) is 60.7 Å². The van der Waals surface area contributed by atoms with Gasteiger partial charge in [-0.2, -0.15) is 5.26 Å². The molecule has 2 aliphatic rings. The van der Waals surface area contributed by atoms with Gasteiger partial charge in [-0.3, -0.25) is 14.5 Å². The summed E-state index contributed by atoms with van der Waals surface area (Å²) in [4.78, 5) is 40.1. The van der Waals surface area contributed by atoms with Crippen LogP contribution in [0.4, 0.5) is 4.79 Å². The fraction of sp³-hybridized carbons (Fsp3) is 0.360. The molecular formula is C25H26N4O3. The molecule has 0 bridgehead atoms. The summed E-state index contributed by atoms with van der Waals surface area (Å²) in [5.41, 5.74) is -0.252. The lowest BCUT2D eigenvalue weighted by Gasteiger charge is -2.27. The van der Waals surface area contributed by atoms with Crippen molar-refractivity contribution in [3.63, 3.8) is 0 Å². The lowest BCUT2D eigenvalue weighted by atomic mass is 9.84. The molecule has 1 saturated carbocycles. The van der Waals surface area contributed by atoms with E-state index in [4.69, 9.17) is 0 Å². The van der Waals surface area contributed by atoms with Gasteiger partial charge >= 0.3 is 6.03 Å². The molecule has 2 N–H and O–H groups in total. The number of amides is 4. The van der Waals surface area contributed by atoms with Crippen molar-refractivity contribution in [3.8, 4) is 6.07 Å². The summed E-state index contributed by atoms with van der Waals surface area (Å²) in [5.74, 6) is -0.921. The fourth-order valence-corrected chi connectivity index (χ4v) is 4.70. The number of imide groups is 1. The van der Waals surface area contributed by atoms with E-state index in [1.165, 1.54) is 0 Å². The summed E-state index contributed by atoms with van der Waals surface area (Å²) in [6, 6.07) is 20.6. The number of hydrogen-bond acceptors (Lipinski definition) is 4. The Morgan fingerprint density at radius 2 is 1.50 bits per heavy atom. The highest BCUT2D eigenvalue weighted by Gasteiger charge is 2.51. The molecular weight excluding hydrogens is 404 g/mol. The van der Waals surface area contributed by atoms with E-state index < -0.39 is 35.5 Å². The summed E-state index contributed by atoms with van der Waals surface area (Å²) in [7, 11) is 0. The van der Waals surface area contributed by atoms with Crippen LogP contribution in [0.2, 0.25) is 0 Å². The average molecular weight is 431 g/mol. The molecule has 1 heterocycles. The molecule has 0 unspecified atom stereocenters. The minimum absolute atomic E-state index is 0.313. The van der Waals surface area contributed by atoms with Crippen molar-refractivity contribution in [1.82, 2.24) is 15.5 Å². The van der Waals surface area contributed by atoms with Gasteiger partial charge in [0.2, 0.25) is 5.91 Å². The van der Waals surface area contributed by atoms with Gasteiger partial charge in [0.05, 0.1) is 6.07 Å². The number of nitriles is 1. The minimum Gasteiger partial charge on any atom is -0.336 e.